The molecule has 0 fully saturated rings. The van der Waals surface area contributed by atoms with Crippen molar-refractivity contribution >= 4 is 0 Å². The molecule has 7 heteroatoms. The van der Waals surface area contributed by atoms with Crippen molar-refractivity contribution < 1.29 is 9.63 Å². The molecule has 0 atom stereocenters. The lowest BCUT2D eigenvalue weighted by molar-refractivity contribution is 0.0737. The molecule has 0 aliphatic carbocycles. The van der Waals surface area contributed by atoms with E-state index in [2.05, 4.69) is 34.3 Å². The molecule has 0 amide bonds. The summed E-state index contributed by atoms with van der Waals surface area (Å²) in [5, 5.41) is 21.6. The van der Waals surface area contributed by atoms with Gasteiger partial charge in [0.25, 0.3) is 0 Å². The maximum absolute atomic E-state index is 9.81. The molecule has 0 aliphatic rings. The van der Waals surface area contributed by atoms with Crippen molar-refractivity contribution in [1.82, 2.24) is 25.1 Å². The van der Waals surface area contributed by atoms with Gasteiger partial charge in [-0.2, -0.15) is 4.98 Å². The van der Waals surface area contributed by atoms with E-state index in [1.807, 2.05) is 0 Å². The molecule has 19 heavy (non-hydrogen) atoms. The number of aromatic nitrogens is 5. The smallest absolute Gasteiger partial charge is 0.226 e. The first-order valence-corrected chi connectivity index (χ1v) is 6.29. The molecule has 2 heterocycles. The third-order valence-corrected chi connectivity index (χ3v) is 2.56. The minimum Gasteiger partial charge on any atom is -0.384 e. The Bertz CT molecular complexity index is 538. The number of hydrogen-bond donors (Lipinski definition) is 1. The van der Waals surface area contributed by atoms with Crippen molar-refractivity contribution in [3.63, 3.8) is 0 Å². The largest absolute Gasteiger partial charge is 0.384 e. The van der Waals surface area contributed by atoms with E-state index >= 15 is 0 Å². The van der Waals surface area contributed by atoms with Gasteiger partial charge >= 0.3 is 0 Å². The predicted octanol–water partition coefficient (Wildman–Crippen LogP) is 1.14. The summed E-state index contributed by atoms with van der Waals surface area (Å²) in [5.41, 5.74) is -0.489. The quantitative estimate of drug-likeness (QED) is 0.871. The standard InChI is InChI=1S/C12H19N5O2/c1-8(2)5-11-13-10(15-19-11)7-17-6-9(14-16-17)12(3,4)18/h6,8,18H,5,7H2,1-4H3. The summed E-state index contributed by atoms with van der Waals surface area (Å²) in [6, 6.07) is 0. The molecule has 0 saturated carbocycles. The zero-order valence-corrected chi connectivity index (χ0v) is 11.7. The molecule has 1 N–H and O–H groups in total. The number of rotatable bonds is 5. The summed E-state index contributed by atoms with van der Waals surface area (Å²) in [6.07, 6.45) is 2.44. The van der Waals surface area contributed by atoms with Crippen LogP contribution in [0.1, 0.15) is 45.1 Å². The van der Waals surface area contributed by atoms with E-state index in [1.165, 1.54) is 0 Å². The zero-order valence-electron chi connectivity index (χ0n) is 11.7. The van der Waals surface area contributed by atoms with E-state index in [-0.39, 0.29) is 0 Å². The highest BCUT2D eigenvalue weighted by Crippen LogP contribution is 2.16. The molecule has 0 radical (unpaired) electrons. The zero-order chi connectivity index (χ0) is 14.0. The summed E-state index contributed by atoms with van der Waals surface area (Å²) in [7, 11) is 0. The fraction of sp³-hybridized carbons (Fsp3) is 0.667. The van der Waals surface area contributed by atoms with Gasteiger partial charge in [0.2, 0.25) is 5.89 Å². The minimum atomic E-state index is -1.00. The Balaban J connectivity index is 2.05. The summed E-state index contributed by atoms with van der Waals surface area (Å²) < 4.78 is 6.73. The van der Waals surface area contributed by atoms with Crippen molar-refractivity contribution in [3.05, 3.63) is 23.6 Å². The molecular weight excluding hydrogens is 246 g/mol. The number of hydrogen-bond acceptors (Lipinski definition) is 6. The molecule has 2 rings (SSSR count). The Hall–Kier alpha value is -1.76. The molecule has 2 aromatic heterocycles. The van der Waals surface area contributed by atoms with Crippen molar-refractivity contribution in [1.29, 1.82) is 0 Å². The maximum Gasteiger partial charge on any atom is 0.226 e. The van der Waals surface area contributed by atoms with E-state index in [4.69, 9.17) is 4.52 Å². The van der Waals surface area contributed by atoms with Gasteiger partial charge in [0.1, 0.15) is 17.8 Å². The van der Waals surface area contributed by atoms with E-state index < -0.39 is 5.60 Å². The molecular formula is C12H19N5O2. The summed E-state index contributed by atoms with van der Waals surface area (Å²) >= 11 is 0. The first-order valence-electron chi connectivity index (χ1n) is 6.29. The number of aliphatic hydroxyl groups is 1. The Morgan fingerprint density at radius 3 is 2.74 bits per heavy atom. The molecule has 0 aromatic carbocycles. The molecule has 0 bridgehead atoms. The first-order chi connectivity index (χ1) is 8.84. The van der Waals surface area contributed by atoms with Crippen molar-refractivity contribution in [3.8, 4) is 0 Å². The van der Waals surface area contributed by atoms with Gasteiger partial charge in [-0.05, 0) is 19.8 Å². The minimum absolute atomic E-state index is 0.380. The fourth-order valence-corrected chi connectivity index (χ4v) is 1.59. The lowest BCUT2D eigenvalue weighted by Crippen LogP contribution is -2.15. The highest BCUT2D eigenvalue weighted by atomic mass is 16.5. The Kier molecular flexibility index (Phi) is 3.66. The maximum atomic E-state index is 9.81. The molecule has 7 nitrogen and oxygen atoms in total. The van der Waals surface area contributed by atoms with E-state index in [0.29, 0.717) is 29.9 Å². The van der Waals surface area contributed by atoms with Crippen molar-refractivity contribution in [2.75, 3.05) is 0 Å². The van der Waals surface area contributed by atoms with Crippen LogP contribution in [0, 0.1) is 5.92 Å². The normalized spacial score (nSPS) is 12.3. The highest BCUT2D eigenvalue weighted by Gasteiger charge is 2.20. The van der Waals surface area contributed by atoms with Crippen molar-refractivity contribution in [2.24, 2.45) is 5.92 Å². The van der Waals surface area contributed by atoms with Crippen LogP contribution in [0.4, 0.5) is 0 Å². The molecule has 0 unspecified atom stereocenters. The second-order valence-electron chi connectivity index (χ2n) is 5.56. The third-order valence-electron chi connectivity index (χ3n) is 2.56. The third kappa shape index (κ3) is 3.60. The second-order valence-corrected chi connectivity index (χ2v) is 5.56. The van der Waals surface area contributed by atoms with E-state index in [1.54, 1.807) is 24.7 Å². The van der Waals surface area contributed by atoms with Gasteiger partial charge in [0, 0.05) is 6.42 Å². The molecule has 0 saturated heterocycles. The molecule has 0 aliphatic heterocycles. The Labute approximate surface area is 111 Å². The van der Waals surface area contributed by atoms with Crippen LogP contribution in [-0.4, -0.2) is 30.2 Å². The van der Waals surface area contributed by atoms with Crippen LogP contribution in [0.3, 0.4) is 0 Å². The molecule has 104 valence electrons. The van der Waals surface area contributed by atoms with Gasteiger partial charge in [0.15, 0.2) is 5.82 Å². The van der Waals surface area contributed by atoms with Crippen LogP contribution in [0.2, 0.25) is 0 Å². The van der Waals surface area contributed by atoms with Crippen LogP contribution < -0.4 is 0 Å². The molecule has 0 spiro atoms. The summed E-state index contributed by atoms with van der Waals surface area (Å²) in [5.74, 6) is 1.66. The monoisotopic (exact) mass is 265 g/mol. The van der Waals surface area contributed by atoms with Crippen LogP contribution in [0.5, 0.6) is 0 Å². The van der Waals surface area contributed by atoms with Gasteiger partial charge in [0.05, 0.1) is 6.20 Å². The van der Waals surface area contributed by atoms with E-state index in [9.17, 15) is 5.11 Å². The fourth-order valence-electron chi connectivity index (χ4n) is 1.59. The van der Waals surface area contributed by atoms with Gasteiger partial charge in [-0.25, -0.2) is 4.68 Å². The predicted molar refractivity (Wildman–Crippen MR) is 67.2 cm³/mol. The second kappa shape index (κ2) is 5.08. The van der Waals surface area contributed by atoms with Gasteiger partial charge < -0.3 is 9.63 Å². The number of nitrogens with zero attached hydrogens (tertiary/aromatic N) is 5. The average molecular weight is 265 g/mol. The highest BCUT2D eigenvalue weighted by molar-refractivity contribution is 5.03. The summed E-state index contributed by atoms with van der Waals surface area (Å²) in [4.78, 5) is 4.29. The average Bonchev–Trinajstić information content (AvgIpc) is 2.86. The summed E-state index contributed by atoms with van der Waals surface area (Å²) in [6.45, 7) is 7.89. The van der Waals surface area contributed by atoms with Gasteiger partial charge in [-0.15, -0.1) is 5.10 Å². The molecule has 2 aromatic rings. The lowest BCUT2D eigenvalue weighted by Gasteiger charge is -2.11. The van der Waals surface area contributed by atoms with Crippen molar-refractivity contribution in [2.45, 2.75) is 46.3 Å². The van der Waals surface area contributed by atoms with Crippen LogP contribution in [0.15, 0.2) is 10.7 Å². The topological polar surface area (TPSA) is 89.9 Å². The SMILES string of the molecule is CC(C)Cc1nc(Cn2cc(C(C)(C)O)nn2)no1. The van der Waals surface area contributed by atoms with Crippen LogP contribution in [-0.2, 0) is 18.6 Å². The lowest BCUT2D eigenvalue weighted by atomic mass is 10.1. The first kappa shape index (κ1) is 13.7. The Morgan fingerprint density at radius 2 is 2.16 bits per heavy atom. The Morgan fingerprint density at radius 1 is 1.42 bits per heavy atom. The van der Waals surface area contributed by atoms with Gasteiger partial charge in [-0.1, -0.05) is 24.2 Å². The van der Waals surface area contributed by atoms with Crippen LogP contribution in [0.25, 0.3) is 0 Å². The van der Waals surface area contributed by atoms with Crippen LogP contribution >= 0.6 is 0 Å². The van der Waals surface area contributed by atoms with Gasteiger partial charge in [-0.3, -0.25) is 0 Å². The van der Waals surface area contributed by atoms with E-state index in [0.717, 1.165) is 6.42 Å².